The van der Waals surface area contributed by atoms with Crippen molar-refractivity contribution in [3.05, 3.63) is 59.2 Å². The first kappa shape index (κ1) is 18.7. The molecule has 0 spiro atoms. The van der Waals surface area contributed by atoms with Crippen molar-refractivity contribution in [2.24, 2.45) is 5.73 Å². The molecule has 1 aliphatic heterocycles. The Bertz CT molecular complexity index is 857. The number of carbonyl (C=O) groups is 2. The predicted octanol–water partition coefficient (Wildman–Crippen LogP) is 0.533. The molecule has 3 rings (SSSR count). The van der Waals surface area contributed by atoms with E-state index in [-0.39, 0.29) is 17.7 Å². The Morgan fingerprint density at radius 1 is 1.30 bits per heavy atom. The van der Waals surface area contributed by atoms with Crippen molar-refractivity contribution in [3.8, 4) is 11.5 Å². The van der Waals surface area contributed by atoms with Crippen LogP contribution in [0, 0.1) is 0 Å². The molecule has 2 aromatic rings. The molecule has 140 valence electrons. The van der Waals surface area contributed by atoms with Gasteiger partial charge in [0.05, 0.1) is 18.6 Å². The third kappa shape index (κ3) is 3.89. The summed E-state index contributed by atoms with van der Waals surface area (Å²) in [5.41, 5.74) is 7.14. The number of carbonyl (C=O) groups excluding carboxylic acids is 1. The van der Waals surface area contributed by atoms with Crippen LogP contribution in [0.1, 0.15) is 27.5 Å². The lowest BCUT2D eigenvalue weighted by Crippen LogP contribution is -2.54. The van der Waals surface area contributed by atoms with E-state index in [9.17, 15) is 19.7 Å². The summed E-state index contributed by atoms with van der Waals surface area (Å²) in [4.78, 5) is 23.7. The van der Waals surface area contributed by atoms with Crippen LogP contribution in [0.3, 0.4) is 0 Å². The van der Waals surface area contributed by atoms with Crippen LogP contribution in [0.25, 0.3) is 0 Å². The van der Waals surface area contributed by atoms with E-state index in [1.54, 1.807) is 43.5 Å². The summed E-state index contributed by atoms with van der Waals surface area (Å²) in [6, 6.07) is 10.5. The highest BCUT2D eigenvalue weighted by atomic mass is 16.5. The van der Waals surface area contributed by atoms with Crippen molar-refractivity contribution < 1.29 is 29.1 Å². The van der Waals surface area contributed by atoms with Crippen LogP contribution >= 0.6 is 0 Å². The maximum Gasteiger partial charge on any atom is 0.547 e. The Kier molecular flexibility index (Phi) is 5.34. The van der Waals surface area contributed by atoms with Gasteiger partial charge in [-0.1, -0.05) is 24.3 Å². The summed E-state index contributed by atoms with van der Waals surface area (Å²) in [5, 5.41) is 22.1. The molecule has 2 aromatic carbocycles. The highest BCUT2D eigenvalue weighted by Crippen LogP contribution is 2.30. The predicted molar refractivity (Wildman–Crippen MR) is 97.6 cm³/mol. The number of benzene rings is 2. The van der Waals surface area contributed by atoms with Gasteiger partial charge in [0.25, 0.3) is 0 Å². The van der Waals surface area contributed by atoms with E-state index in [4.69, 9.17) is 15.1 Å². The molecule has 5 N–H and O–H groups in total. The number of carboxylic acid groups (broad SMARTS) is 1. The van der Waals surface area contributed by atoms with E-state index in [2.05, 4.69) is 5.32 Å². The lowest BCUT2D eigenvalue weighted by Gasteiger charge is -2.29. The van der Waals surface area contributed by atoms with Gasteiger partial charge in [0, 0.05) is 0 Å². The second kappa shape index (κ2) is 7.69. The van der Waals surface area contributed by atoms with Gasteiger partial charge in [-0.2, -0.15) is 0 Å². The molecule has 0 fully saturated rings. The molecule has 1 aliphatic rings. The number of amides is 1. The third-order valence-electron chi connectivity index (χ3n) is 4.43. The fraction of sp³-hybridized carbons (Fsp3) is 0.222. The summed E-state index contributed by atoms with van der Waals surface area (Å²) in [7, 11) is 0.157. The standard InChI is InChI=1S/C18H19BN2O6/c1-26-12-7-5-10(6-8-12)15(20)17(22)21-14-9-11-3-2-4-13(18(23)24)16(11)27-19(14)25/h2-8,14-15,25H,9,20H2,1H3,(H,21,22)(H,23,24)/t14-,15?/m0/s1. The number of methoxy groups -OCH3 is 1. The third-order valence-corrected chi connectivity index (χ3v) is 4.43. The van der Waals surface area contributed by atoms with Gasteiger partial charge in [-0.05, 0) is 35.7 Å². The van der Waals surface area contributed by atoms with Crippen LogP contribution in [0.4, 0.5) is 0 Å². The number of carboxylic acids is 1. The second-order valence-electron chi connectivity index (χ2n) is 6.18. The van der Waals surface area contributed by atoms with Gasteiger partial charge in [-0.3, -0.25) is 4.79 Å². The first-order chi connectivity index (χ1) is 12.9. The maximum absolute atomic E-state index is 12.5. The first-order valence-corrected chi connectivity index (χ1v) is 8.30. The zero-order chi connectivity index (χ0) is 19.6. The highest BCUT2D eigenvalue weighted by Gasteiger charge is 2.38. The van der Waals surface area contributed by atoms with Gasteiger partial charge in [0.15, 0.2) is 0 Å². The van der Waals surface area contributed by atoms with Gasteiger partial charge in [-0.25, -0.2) is 4.79 Å². The van der Waals surface area contributed by atoms with Crippen LogP contribution in [-0.2, 0) is 11.2 Å². The summed E-state index contributed by atoms with van der Waals surface area (Å²) in [6.45, 7) is 0. The number of hydrogen-bond donors (Lipinski definition) is 4. The van der Waals surface area contributed by atoms with E-state index in [1.807, 2.05) is 0 Å². The molecule has 27 heavy (non-hydrogen) atoms. The summed E-state index contributed by atoms with van der Waals surface area (Å²) in [6.07, 6.45) is 0.221. The largest absolute Gasteiger partial charge is 0.547 e. The minimum Gasteiger partial charge on any atom is -0.534 e. The fourth-order valence-corrected chi connectivity index (χ4v) is 2.95. The van der Waals surface area contributed by atoms with Crippen LogP contribution in [0.5, 0.6) is 11.5 Å². The molecule has 0 saturated heterocycles. The van der Waals surface area contributed by atoms with Crippen molar-refractivity contribution in [1.82, 2.24) is 5.32 Å². The molecule has 0 saturated carbocycles. The van der Waals surface area contributed by atoms with Crippen molar-refractivity contribution in [2.45, 2.75) is 18.4 Å². The lowest BCUT2D eigenvalue weighted by molar-refractivity contribution is -0.122. The number of nitrogens with one attached hydrogen (secondary N) is 1. The lowest BCUT2D eigenvalue weighted by atomic mass is 9.72. The smallest absolute Gasteiger partial charge is 0.534 e. The van der Waals surface area contributed by atoms with E-state index in [1.165, 1.54) is 6.07 Å². The molecule has 1 unspecified atom stereocenters. The molecule has 0 bridgehead atoms. The Morgan fingerprint density at radius 3 is 2.63 bits per heavy atom. The van der Waals surface area contributed by atoms with E-state index in [0.717, 1.165) is 0 Å². The van der Waals surface area contributed by atoms with Crippen molar-refractivity contribution in [1.29, 1.82) is 0 Å². The van der Waals surface area contributed by atoms with Gasteiger partial charge in [0.1, 0.15) is 17.5 Å². The molecular formula is C18H19BN2O6. The summed E-state index contributed by atoms with van der Waals surface area (Å²) < 4.78 is 10.4. The van der Waals surface area contributed by atoms with Crippen LogP contribution in [0.15, 0.2) is 42.5 Å². The normalized spacial score (nSPS) is 16.7. The van der Waals surface area contributed by atoms with Gasteiger partial charge in [-0.15, -0.1) is 0 Å². The average Bonchev–Trinajstić information content (AvgIpc) is 2.67. The Hall–Kier alpha value is -3.04. The van der Waals surface area contributed by atoms with Gasteiger partial charge >= 0.3 is 13.1 Å². The molecule has 0 aromatic heterocycles. The SMILES string of the molecule is COc1ccc(C(N)C(=O)N[C@H]2Cc3cccc(C(=O)O)c3OB2O)cc1. The zero-order valence-electron chi connectivity index (χ0n) is 14.6. The molecule has 1 heterocycles. The molecular weight excluding hydrogens is 351 g/mol. The number of nitrogens with two attached hydrogens (primary N) is 1. The number of rotatable bonds is 5. The van der Waals surface area contributed by atoms with E-state index in [0.29, 0.717) is 16.9 Å². The van der Waals surface area contributed by atoms with E-state index >= 15 is 0 Å². The van der Waals surface area contributed by atoms with Crippen LogP contribution < -0.4 is 20.4 Å². The molecule has 2 atom stereocenters. The molecule has 1 amide bonds. The van der Waals surface area contributed by atoms with Crippen LogP contribution in [0.2, 0.25) is 0 Å². The Labute approximate surface area is 156 Å². The number of aromatic carboxylic acids is 1. The van der Waals surface area contributed by atoms with Crippen LogP contribution in [-0.4, -0.2) is 42.2 Å². The molecule has 0 aliphatic carbocycles. The Morgan fingerprint density at radius 2 is 2.00 bits per heavy atom. The number of fused-ring (bicyclic) bond motifs is 1. The molecule has 0 radical (unpaired) electrons. The average molecular weight is 370 g/mol. The van der Waals surface area contributed by atoms with Crippen molar-refractivity contribution in [3.63, 3.8) is 0 Å². The number of hydrogen-bond acceptors (Lipinski definition) is 6. The molecule has 9 heteroatoms. The topological polar surface area (TPSA) is 131 Å². The molecule has 8 nitrogen and oxygen atoms in total. The minimum atomic E-state index is -1.38. The van der Waals surface area contributed by atoms with Gasteiger partial charge < -0.3 is 30.6 Å². The van der Waals surface area contributed by atoms with Crippen molar-refractivity contribution in [2.75, 3.05) is 7.11 Å². The minimum absolute atomic E-state index is 0.0359. The number of ether oxygens (including phenoxy) is 1. The van der Waals surface area contributed by atoms with Crippen molar-refractivity contribution >= 4 is 19.0 Å². The van der Waals surface area contributed by atoms with Gasteiger partial charge in [0.2, 0.25) is 5.91 Å². The monoisotopic (exact) mass is 370 g/mol. The first-order valence-electron chi connectivity index (χ1n) is 8.30. The summed E-state index contributed by atoms with van der Waals surface area (Å²) >= 11 is 0. The highest BCUT2D eigenvalue weighted by molar-refractivity contribution is 6.47. The summed E-state index contributed by atoms with van der Waals surface area (Å²) in [5.74, 6) is -1.62. The second-order valence-corrected chi connectivity index (χ2v) is 6.18. The fourth-order valence-electron chi connectivity index (χ4n) is 2.95. The number of para-hydroxylation sites is 1. The van der Waals surface area contributed by atoms with E-state index < -0.39 is 31.0 Å². The Balaban J connectivity index is 1.73. The zero-order valence-corrected chi connectivity index (χ0v) is 14.6. The maximum atomic E-state index is 12.5. The quantitative estimate of drug-likeness (QED) is 0.565.